The zero-order valence-corrected chi connectivity index (χ0v) is 16.9. The molecule has 1 amide bonds. The monoisotopic (exact) mass is 401 g/mol. The lowest BCUT2D eigenvalue weighted by Gasteiger charge is -2.24. The molecule has 0 saturated heterocycles. The summed E-state index contributed by atoms with van der Waals surface area (Å²) in [6.45, 7) is 3.48. The molecule has 0 unspecified atom stereocenters. The lowest BCUT2D eigenvalue weighted by atomic mass is 9.85. The Kier molecular flexibility index (Phi) is 6.08. The van der Waals surface area contributed by atoms with Crippen molar-refractivity contribution >= 4 is 5.91 Å². The number of nitrogens with one attached hydrogen (secondary N) is 1. The predicted octanol–water partition coefficient (Wildman–Crippen LogP) is 1.94. The molecule has 1 aliphatic carbocycles. The quantitative estimate of drug-likeness (QED) is 0.768. The molecule has 7 nitrogen and oxygen atoms in total. The van der Waals surface area contributed by atoms with Gasteiger partial charge >= 0.3 is 0 Å². The minimum atomic E-state index is -0.211. The highest BCUT2D eigenvalue weighted by molar-refractivity contribution is 5.79. The van der Waals surface area contributed by atoms with Crippen LogP contribution in [0.15, 0.2) is 18.2 Å². The number of methoxy groups -OCH3 is 1. The van der Waals surface area contributed by atoms with E-state index in [0.717, 1.165) is 57.0 Å². The number of halogens is 1. The molecule has 8 heteroatoms. The number of nitrogens with zero attached hydrogens (tertiary/aromatic N) is 4. The summed E-state index contributed by atoms with van der Waals surface area (Å²) < 4.78 is 21.5. The lowest BCUT2D eigenvalue weighted by molar-refractivity contribution is -0.127. The number of rotatable bonds is 7. The van der Waals surface area contributed by atoms with Gasteiger partial charge in [-0.15, -0.1) is 10.2 Å². The molecule has 2 aliphatic rings. The summed E-state index contributed by atoms with van der Waals surface area (Å²) in [6.07, 6.45) is 4.63. The Morgan fingerprint density at radius 1 is 1.28 bits per heavy atom. The van der Waals surface area contributed by atoms with Gasteiger partial charge in [-0.2, -0.15) is 0 Å². The van der Waals surface area contributed by atoms with Crippen LogP contribution in [-0.2, 0) is 30.7 Å². The van der Waals surface area contributed by atoms with E-state index in [2.05, 4.69) is 25.0 Å². The van der Waals surface area contributed by atoms with Crippen LogP contribution < -0.4 is 10.1 Å². The fourth-order valence-corrected chi connectivity index (χ4v) is 3.92. The summed E-state index contributed by atoms with van der Waals surface area (Å²) in [5.41, 5.74) is 0.640. The normalized spacial score (nSPS) is 17.3. The Bertz CT molecular complexity index is 865. The van der Waals surface area contributed by atoms with Gasteiger partial charge in [0.25, 0.3) is 0 Å². The van der Waals surface area contributed by atoms with Gasteiger partial charge in [0, 0.05) is 57.0 Å². The Morgan fingerprint density at radius 2 is 2.14 bits per heavy atom. The molecule has 0 spiro atoms. The summed E-state index contributed by atoms with van der Waals surface area (Å²) in [4.78, 5) is 14.2. The van der Waals surface area contributed by atoms with Crippen LogP contribution >= 0.6 is 0 Å². The molecule has 2 aromatic rings. The van der Waals surface area contributed by atoms with Gasteiger partial charge in [0.2, 0.25) is 5.91 Å². The topological polar surface area (TPSA) is 72.3 Å². The standard InChI is InChI=1S/C21H28FN5O2/c1-29-17-5-6-18(22)16(13-17)14-26-10-8-20-25-24-19(27(20)12-11-26)7-9-23-21(28)15-3-2-4-15/h5-6,13,15H,2-4,7-12,14H2,1H3,(H,23,28). The van der Waals surface area contributed by atoms with E-state index in [1.807, 2.05) is 0 Å². The van der Waals surface area contributed by atoms with Crippen molar-refractivity contribution in [2.75, 3.05) is 26.7 Å². The Morgan fingerprint density at radius 3 is 2.90 bits per heavy atom. The average Bonchev–Trinajstić information content (AvgIpc) is 2.94. The van der Waals surface area contributed by atoms with E-state index >= 15 is 0 Å². The molecule has 0 radical (unpaired) electrons. The van der Waals surface area contributed by atoms with Crippen molar-refractivity contribution in [3.05, 3.63) is 41.2 Å². The minimum Gasteiger partial charge on any atom is -0.497 e. The van der Waals surface area contributed by atoms with Crippen molar-refractivity contribution in [3.8, 4) is 5.75 Å². The van der Waals surface area contributed by atoms with Gasteiger partial charge in [0.1, 0.15) is 23.2 Å². The summed E-state index contributed by atoms with van der Waals surface area (Å²) in [7, 11) is 1.59. The van der Waals surface area contributed by atoms with Crippen molar-refractivity contribution in [2.24, 2.45) is 5.92 Å². The van der Waals surface area contributed by atoms with Crippen LogP contribution in [0.1, 0.15) is 36.5 Å². The van der Waals surface area contributed by atoms with Crippen LogP contribution in [0.2, 0.25) is 0 Å². The first kappa shape index (κ1) is 19.8. The first-order valence-corrected chi connectivity index (χ1v) is 10.4. The molecular formula is C21H28FN5O2. The molecule has 1 saturated carbocycles. The van der Waals surface area contributed by atoms with Gasteiger partial charge in [-0.3, -0.25) is 9.69 Å². The van der Waals surface area contributed by atoms with E-state index in [4.69, 9.17) is 4.74 Å². The van der Waals surface area contributed by atoms with Gasteiger partial charge in [-0.05, 0) is 31.0 Å². The van der Waals surface area contributed by atoms with E-state index in [9.17, 15) is 9.18 Å². The molecular weight excluding hydrogens is 373 g/mol. The molecule has 4 rings (SSSR count). The second-order valence-electron chi connectivity index (χ2n) is 7.84. The van der Waals surface area contributed by atoms with E-state index < -0.39 is 0 Å². The zero-order valence-electron chi connectivity index (χ0n) is 16.9. The number of hydrogen-bond donors (Lipinski definition) is 1. The largest absolute Gasteiger partial charge is 0.497 e. The Balaban J connectivity index is 1.33. The molecule has 29 heavy (non-hydrogen) atoms. The molecule has 156 valence electrons. The number of hydrogen-bond acceptors (Lipinski definition) is 5. The third-order valence-electron chi connectivity index (χ3n) is 5.97. The van der Waals surface area contributed by atoms with Crippen LogP contribution in [-0.4, -0.2) is 52.3 Å². The minimum absolute atomic E-state index is 0.165. The maximum absolute atomic E-state index is 14.2. The zero-order chi connectivity index (χ0) is 20.2. The van der Waals surface area contributed by atoms with E-state index in [0.29, 0.717) is 30.8 Å². The highest BCUT2D eigenvalue weighted by Gasteiger charge is 2.25. The van der Waals surface area contributed by atoms with Gasteiger partial charge in [0.05, 0.1) is 7.11 Å². The second kappa shape index (κ2) is 8.90. The van der Waals surface area contributed by atoms with Crippen molar-refractivity contribution in [3.63, 3.8) is 0 Å². The van der Waals surface area contributed by atoms with Crippen LogP contribution in [0.5, 0.6) is 5.75 Å². The van der Waals surface area contributed by atoms with Crippen LogP contribution in [0.4, 0.5) is 4.39 Å². The molecule has 1 aromatic carbocycles. The molecule has 0 atom stereocenters. The summed E-state index contributed by atoms with van der Waals surface area (Å²) >= 11 is 0. The molecule has 0 bridgehead atoms. The van der Waals surface area contributed by atoms with Crippen LogP contribution in [0.25, 0.3) is 0 Å². The summed E-state index contributed by atoms with van der Waals surface area (Å²) in [5.74, 6) is 2.69. The number of fused-ring (bicyclic) bond motifs is 1. The second-order valence-corrected chi connectivity index (χ2v) is 7.84. The van der Waals surface area contributed by atoms with Crippen molar-refractivity contribution in [1.29, 1.82) is 0 Å². The van der Waals surface area contributed by atoms with Gasteiger partial charge in [-0.1, -0.05) is 6.42 Å². The maximum Gasteiger partial charge on any atom is 0.223 e. The number of ether oxygens (including phenoxy) is 1. The van der Waals surface area contributed by atoms with Crippen molar-refractivity contribution < 1.29 is 13.9 Å². The van der Waals surface area contributed by atoms with Gasteiger partial charge in [0.15, 0.2) is 0 Å². The van der Waals surface area contributed by atoms with Crippen LogP contribution in [0, 0.1) is 11.7 Å². The van der Waals surface area contributed by atoms with Gasteiger partial charge in [-0.25, -0.2) is 4.39 Å². The Hall–Kier alpha value is -2.48. The smallest absolute Gasteiger partial charge is 0.223 e. The predicted molar refractivity (Wildman–Crippen MR) is 106 cm³/mol. The molecule has 1 aromatic heterocycles. The van der Waals surface area contributed by atoms with Crippen molar-refractivity contribution in [2.45, 2.75) is 45.2 Å². The van der Waals surface area contributed by atoms with Crippen LogP contribution in [0.3, 0.4) is 0 Å². The van der Waals surface area contributed by atoms with Crippen molar-refractivity contribution in [1.82, 2.24) is 25.0 Å². The number of carbonyl (C=O) groups is 1. The third-order valence-corrected chi connectivity index (χ3v) is 5.97. The number of amides is 1. The molecule has 1 aliphatic heterocycles. The first-order valence-electron chi connectivity index (χ1n) is 10.4. The SMILES string of the molecule is COc1ccc(F)c(CN2CCc3nnc(CCNC(=O)C4CCC4)n3CC2)c1. The van der Waals surface area contributed by atoms with E-state index in [-0.39, 0.29) is 17.6 Å². The highest BCUT2D eigenvalue weighted by atomic mass is 19.1. The number of benzene rings is 1. The molecule has 2 heterocycles. The summed E-state index contributed by atoms with van der Waals surface area (Å²) in [6, 6.07) is 4.85. The maximum atomic E-state index is 14.2. The number of carbonyl (C=O) groups excluding carboxylic acids is 1. The van der Waals surface area contributed by atoms with E-state index in [1.54, 1.807) is 19.2 Å². The molecule has 1 fully saturated rings. The molecule has 1 N–H and O–H groups in total. The highest BCUT2D eigenvalue weighted by Crippen LogP contribution is 2.26. The van der Waals surface area contributed by atoms with E-state index in [1.165, 1.54) is 6.07 Å². The average molecular weight is 401 g/mol. The van der Waals surface area contributed by atoms with Gasteiger partial charge < -0.3 is 14.6 Å². The Labute approximate surface area is 170 Å². The number of aromatic nitrogens is 3. The first-order chi connectivity index (χ1) is 14.1. The fourth-order valence-electron chi connectivity index (χ4n) is 3.92. The summed E-state index contributed by atoms with van der Waals surface area (Å²) in [5, 5.41) is 11.7. The lowest BCUT2D eigenvalue weighted by Crippen LogP contribution is -2.35. The third kappa shape index (κ3) is 4.58. The fraction of sp³-hybridized carbons (Fsp3) is 0.571.